The molecule has 200 valence electrons. The van der Waals surface area contributed by atoms with E-state index in [0.29, 0.717) is 6.54 Å². The maximum absolute atomic E-state index is 12.7. The lowest BCUT2D eigenvalue weighted by atomic mass is 9.96. The molecular formula is C23H52N4O4S2. The molecule has 10 heteroatoms. The monoisotopic (exact) mass is 512 g/mol. The van der Waals surface area contributed by atoms with Crippen LogP contribution in [0.2, 0.25) is 0 Å². The smallest absolute Gasteiger partial charge is 0.195 e. The van der Waals surface area contributed by atoms with Crippen LogP contribution in [0.3, 0.4) is 0 Å². The average Bonchev–Trinajstić information content (AvgIpc) is 2.75. The number of hydrogen-bond donors (Lipinski definition) is 0. The molecule has 0 radical (unpaired) electrons. The minimum atomic E-state index is -3.59. The second-order valence-electron chi connectivity index (χ2n) is 9.63. The fraction of sp³-hybridized carbons (Fsp3) is 1.00. The fourth-order valence-electron chi connectivity index (χ4n) is 3.74. The highest BCUT2D eigenvalue weighted by Crippen LogP contribution is 2.18. The summed E-state index contributed by atoms with van der Waals surface area (Å²) in [6, 6.07) is 0. The van der Waals surface area contributed by atoms with Crippen LogP contribution in [0.4, 0.5) is 0 Å². The lowest BCUT2D eigenvalue weighted by Crippen LogP contribution is -2.45. The van der Waals surface area contributed by atoms with Crippen molar-refractivity contribution in [3.05, 3.63) is 0 Å². The topological polar surface area (TPSA) is 81.2 Å². The minimum Gasteiger partial charge on any atom is -0.195 e. The Kier molecular flexibility index (Phi) is 17.1. The van der Waals surface area contributed by atoms with Gasteiger partial charge in [0.15, 0.2) is 0 Å². The van der Waals surface area contributed by atoms with Gasteiger partial charge in [-0.1, -0.05) is 84.5 Å². The second-order valence-corrected chi connectivity index (χ2v) is 14.0. The predicted octanol–water partition coefficient (Wildman–Crippen LogP) is 4.17. The molecule has 0 rings (SSSR count). The summed E-state index contributed by atoms with van der Waals surface area (Å²) in [7, 11) is 0.306. The quantitative estimate of drug-likeness (QED) is 0.216. The molecule has 0 aliphatic rings. The van der Waals surface area contributed by atoms with Crippen LogP contribution < -0.4 is 0 Å². The van der Waals surface area contributed by atoms with Gasteiger partial charge in [-0.15, -0.1) is 0 Å². The van der Waals surface area contributed by atoms with Gasteiger partial charge in [-0.3, -0.25) is 0 Å². The van der Waals surface area contributed by atoms with Crippen LogP contribution in [0, 0.1) is 5.92 Å². The molecule has 0 bridgehead atoms. The second kappa shape index (κ2) is 17.2. The highest BCUT2D eigenvalue weighted by atomic mass is 32.2. The van der Waals surface area contributed by atoms with Gasteiger partial charge in [0.25, 0.3) is 20.4 Å². The molecule has 0 saturated carbocycles. The van der Waals surface area contributed by atoms with Crippen LogP contribution in [0.25, 0.3) is 0 Å². The van der Waals surface area contributed by atoms with Gasteiger partial charge in [0, 0.05) is 54.9 Å². The van der Waals surface area contributed by atoms with E-state index < -0.39 is 20.4 Å². The van der Waals surface area contributed by atoms with Crippen LogP contribution in [0.15, 0.2) is 0 Å². The molecule has 0 saturated heterocycles. The van der Waals surface area contributed by atoms with Crippen LogP contribution in [0.1, 0.15) is 90.9 Å². The van der Waals surface area contributed by atoms with E-state index in [4.69, 9.17) is 0 Å². The lowest BCUT2D eigenvalue weighted by molar-refractivity contribution is 0.353. The van der Waals surface area contributed by atoms with E-state index in [2.05, 4.69) is 13.8 Å². The third-order valence-electron chi connectivity index (χ3n) is 6.34. The molecule has 0 N–H and O–H groups in total. The molecular weight excluding hydrogens is 460 g/mol. The van der Waals surface area contributed by atoms with E-state index >= 15 is 0 Å². The van der Waals surface area contributed by atoms with Crippen LogP contribution >= 0.6 is 0 Å². The Morgan fingerprint density at radius 1 is 0.545 bits per heavy atom. The van der Waals surface area contributed by atoms with E-state index in [9.17, 15) is 16.8 Å². The minimum absolute atomic E-state index is 0.0982. The normalized spacial score (nSPS) is 14.2. The van der Waals surface area contributed by atoms with Gasteiger partial charge in [0.2, 0.25) is 0 Å². The third-order valence-corrected chi connectivity index (χ3v) is 10.2. The standard InChI is InChI=1S/C23H52N4O4S2/c1-8-9-10-11-12-15-18-23(2)19-16-13-14-17-20-25(5)33(30,31)27(7)22-21-26(6)32(28,29)24(3)4/h23H,8-22H2,1-7H3. The van der Waals surface area contributed by atoms with Gasteiger partial charge in [-0.05, 0) is 12.3 Å². The van der Waals surface area contributed by atoms with Crippen LogP contribution in [-0.2, 0) is 20.4 Å². The molecule has 33 heavy (non-hydrogen) atoms. The van der Waals surface area contributed by atoms with Gasteiger partial charge in [0.1, 0.15) is 0 Å². The molecule has 0 aliphatic carbocycles. The molecule has 0 aromatic heterocycles. The van der Waals surface area contributed by atoms with E-state index in [1.807, 2.05) is 0 Å². The number of hydrogen-bond acceptors (Lipinski definition) is 4. The molecule has 0 aromatic rings. The summed E-state index contributed by atoms with van der Waals surface area (Å²) < 4.78 is 54.4. The molecule has 8 nitrogen and oxygen atoms in total. The Balaban J connectivity index is 4.07. The van der Waals surface area contributed by atoms with Gasteiger partial charge in [0.05, 0.1) is 0 Å². The first-order chi connectivity index (χ1) is 15.4. The Morgan fingerprint density at radius 2 is 0.939 bits per heavy atom. The van der Waals surface area contributed by atoms with Crippen LogP contribution in [0.5, 0.6) is 0 Å². The summed E-state index contributed by atoms with van der Waals surface area (Å²) in [5, 5.41) is 0. The van der Waals surface area contributed by atoms with Crippen molar-refractivity contribution in [3.63, 3.8) is 0 Å². The first-order valence-electron chi connectivity index (χ1n) is 12.7. The van der Waals surface area contributed by atoms with Gasteiger partial charge in [-0.25, -0.2) is 0 Å². The Hall–Kier alpha value is -0.260. The molecule has 0 amide bonds. The van der Waals surface area contributed by atoms with Crippen LogP contribution in [-0.4, -0.2) is 88.9 Å². The molecule has 1 unspecified atom stereocenters. The summed E-state index contributed by atoms with van der Waals surface area (Å²) in [4.78, 5) is 0. The zero-order valence-electron chi connectivity index (χ0n) is 22.4. The number of nitrogens with zero attached hydrogens (tertiary/aromatic N) is 4. The fourth-order valence-corrected chi connectivity index (χ4v) is 5.76. The predicted molar refractivity (Wildman–Crippen MR) is 140 cm³/mol. The Labute approximate surface area is 206 Å². The summed E-state index contributed by atoms with van der Waals surface area (Å²) in [6.45, 7) is 5.28. The highest BCUT2D eigenvalue weighted by Gasteiger charge is 2.26. The summed E-state index contributed by atoms with van der Waals surface area (Å²) in [5.74, 6) is 0.780. The van der Waals surface area contributed by atoms with E-state index in [1.54, 1.807) is 7.05 Å². The number of rotatable bonds is 21. The molecule has 0 heterocycles. The zero-order chi connectivity index (χ0) is 25.5. The van der Waals surface area contributed by atoms with Gasteiger partial charge < -0.3 is 0 Å². The summed E-state index contributed by atoms with van der Waals surface area (Å²) in [5.41, 5.74) is 0. The van der Waals surface area contributed by atoms with E-state index in [1.165, 1.54) is 94.6 Å². The van der Waals surface area contributed by atoms with Crippen molar-refractivity contribution >= 4 is 20.4 Å². The summed E-state index contributed by atoms with van der Waals surface area (Å²) >= 11 is 0. The third kappa shape index (κ3) is 13.4. The molecule has 0 spiro atoms. The molecule has 0 aromatic carbocycles. The van der Waals surface area contributed by atoms with Gasteiger partial charge >= 0.3 is 0 Å². The first kappa shape index (κ1) is 32.7. The Morgan fingerprint density at radius 3 is 1.42 bits per heavy atom. The SMILES string of the molecule is CCCCCCCCC(C)CCCCCCN(C)S(=O)(=O)N(C)CCN(C)S(=O)(=O)N(C)C. The zero-order valence-corrected chi connectivity index (χ0v) is 24.1. The van der Waals surface area contributed by atoms with Crippen molar-refractivity contribution in [1.29, 1.82) is 0 Å². The van der Waals surface area contributed by atoms with Crippen molar-refractivity contribution in [1.82, 2.24) is 17.2 Å². The number of unbranched alkanes of at least 4 members (excludes halogenated alkanes) is 8. The Bertz CT molecular complexity index is 699. The molecule has 0 fully saturated rings. The lowest BCUT2D eigenvalue weighted by Gasteiger charge is -2.27. The van der Waals surface area contributed by atoms with Crippen molar-refractivity contribution in [2.75, 3.05) is 54.9 Å². The first-order valence-corrected chi connectivity index (χ1v) is 15.5. The van der Waals surface area contributed by atoms with E-state index in [0.717, 1.165) is 33.8 Å². The maximum Gasteiger partial charge on any atom is 0.281 e. The van der Waals surface area contributed by atoms with E-state index in [-0.39, 0.29) is 13.1 Å². The highest BCUT2D eigenvalue weighted by molar-refractivity contribution is 7.87. The van der Waals surface area contributed by atoms with Crippen molar-refractivity contribution in [2.45, 2.75) is 90.9 Å². The number of likely N-dealkylation sites (N-methyl/N-ethyl adjacent to an activating group) is 2. The average molecular weight is 513 g/mol. The maximum atomic E-state index is 12.7. The molecule has 0 aliphatic heterocycles. The largest absolute Gasteiger partial charge is 0.281 e. The summed E-state index contributed by atoms with van der Waals surface area (Å²) in [6.07, 6.45) is 14.9. The van der Waals surface area contributed by atoms with Crippen molar-refractivity contribution in [2.24, 2.45) is 5.92 Å². The van der Waals surface area contributed by atoms with Crippen molar-refractivity contribution < 1.29 is 16.8 Å². The van der Waals surface area contributed by atoms with Crippen molar-refractivity contribution in [3.8, 4) is 0 Å². The molecule has 1 atom stereocenters. The van der Waals surface area contributed by atoms with Gasteiger partial charge in [-0.2, -0.15) is 34.1 Å².